The van der Waals surface area contributed by atoms with Crippen molar-refractivity contribution < 1.29 is 14.6 Å². The van der Waals surface area contributed by atoms with Gasteiger partial charge >= 0.3 is 5.97 Å². The van der Waals surface area contributed by atoms with Gasteiger partial charge in [-0.2, -0.15) is 0 Å². The number of rotatable bonds is 6. The fraction of sp³-hybridized carbons (Fsp3) is 0.267. The number of hydrogen-bond donors (Lipinski definition) is 2. The maximum absolute atomic E-state index is 10.7. The quantitative estimate of drug-likeness (QED) is 0.847. The SMILES string of the molecule is COC(C)(CNc1cnc(C(=O)O)cn1)c1ccccc1. The highest BCUT2D eigenvalue weighted by Gasteiger charge is 2.25. The van der Waals surface area contributed by atoms with E-state index < -0.39 is 11.6 Å². The van der Waals surface area contributed by atoms with Crippen LogP contribution in [0.25, 0.3) is 0 Å². The third kappa shape index (κ3) is 3.55. The molecular weight excluding hydrogens is 270 g/mol. The molecule has 0 aliphatic carbocycles. The van der Waals surface area contributed by atoms with Crippen molar-refractivity contribution in [3.05, 3.63) is 54.0 Å². The van der Waals surface area contributed by atoms with Crippen molar-refractivity contribution >= 4 is 11.8 Å². The minimum atomic E-state index is -1.10. The summed E-state index contributed by atoms with van der Waals surface area (Å²) < 4.78 is 5.60. The number of nitrogens with one attached hydrogen (secondary N) is 1. The average Bonchev–Trinajstić information content (AvgIpc) is 2.54. The van der Waals surface area contributed by atoms with Crippen LogP contribution in [0.15, 0.2) is 42.7 Å². The minimum absolute atomic E-state index is 0.0851. The number of aromatic carboxylic acids is 1. The first-order valence-corrected chi connectivity index (χ1v) is 6.45. The van der Waals surface area contributed by atoms with Crippen LogP contribution in [-0.2, 0) is 10.3 Å². The Morgan fingerprint density at radius 3 is 2.52 bits per heavy atom. The fourth-order valence-corrected chi connectivity index (χ4v) is 1.87. The standard InChI is InChI=1S/C15H17N3O3/c1-15(21-2,11-6-4-3-5-7-11)10-18-13-9-16-12(8-17-13)14(19)20/h3-9H,10H2,1-2H3,(H,17,18)(H,19,20). The molecule has 0 aliphatic heterocycles. The summed E-state index contributed by atoms with van der Waals surface area (Å²) in [6.07, 6.45) is 2.61. The highest BCUT2D eigenvalue weighted by atomic mass is 16.5. The number of aromatic nitrogens is 2. The zero-order valence-electron chi connectivity index (χ0n) is 11.9. The third-order valence-corrected chi connectivity index (χ3v) is 3.31. The Bertz CT molecular complexity index is 601. The number of benzene rings is 1. The fourth-order valence-electron chi connectivity index (χ4n) is 1.87. The number of carboxylic acid groups (broad SMARTS) is 1. The summed E-state index contributed by atoms with van der Waals surface area (Å²) in [5, 5.41) is 11.9. The number of ether oxygens (including phenoxy) is 1. The monoisotopic (exact) mass is 287 g/mol. The molecule has 0 saturated heterocycles. The molecule has 1 atom stereocenters. The minimum Gasteiger partial charge on any atom is -0.476 e. The van der Waals surface area contributed by atoms with Gasteiger partial charge in [-0.3, -0.25) is 0 Å². The molecule has 0 spiro atoms. The molecule has 1 heterocycles. The maximum atomic E-state index is 10.7. The second kappa shape index (κ2) is 6.32. The molecule has 6 heteroatoms. The highest BCUT2D eigenvalue weighted by Crippen LogP contribution is 2.24. The van der Waals surface area contributed by atoms with E-state index in [1.807, 2.05) is 37.3 Å². The van der Waals surface area contributed by atoms with Crippen LogP contribution in [0.3, 0.4) is 0 Å². The van der Waals surface area contributed by atoms with Crippen molar-refractivity contribution in [3.8, 4) is 0 Å². The lowest BCUT2D eigenvalue weighted by Crippen LogP contribution is -2.33. The zero-order valence-corrected chi connectivity index (χ0v) is 11.9. The molecule has 110 valence electrons. The molecule has 0 amide bonds. The molecule has 0 fully saturated rings. The van der Waals surface area contributed by atoms with Gasteiger partial charge in [-0.25, -0.2) is 14.8 Å². The van der Waals surface area contributed by atoms with Crippen LogP contribution in [0, 0.1) is 0 Å². The molecule has 0 saturated carbocycles. The van der Waals surface area contributed by atoms with Crippen molar-refractivity contribution in [3.63, 3.8) is 0 Å². The number of nitrogens with zero attached hydrogens (tertiary/aromatic N) is 2. The lowest BCUT2D eigenvalue weighted by atomic mass is 9.96. The van der Waals surface area contributed by atoms with Gasteiger partial charge in [0.2, 0.25) is 0 Å². The van der Waals surface area contributed by atoms with E-state index in [2.05, 4.69) is 15.3 Å². The Morgan fingerprint density at radius 1 is 1.29 bits per heavy atom. The molecule has 0 bridgehead atoms. The van der Waals surface area contributed by atoms with Gasteiger partial charge in [0, 0.05) is 13.7 Å². The zero-order chi connectivity index (χ0) is 15.3. The summed E-state index contributed by atoms with van der Waals surface area (Å²) in [6.45, 7) is 2.45. The van der Waals surface area contributed by atoms with Crippen molar-refractivity contribution in [2.75, 3.05) is 19.0 Å². The van der Waals surface area contributed by atoms with E-state index in [1.165, 1.54) is 12.4 Å². The summed E-state index contributed by atoms with van der Waals surface area (Å²) in [5.74, 6) is -0.598. The van der Waals surface area contributed by atoms with Gasteiger partial charge in [-0.05, 0) is 12.5 Å². The van der Waals surface area contributed by atoms with E-state index in [0.717, 1.165) is 5.56 Å². The van der Waals surface area contributed by atoms with Crippen LogP contribution in [0.5, 0.6) is 0 Å². The van der Waals surface area contributed by atoms with Gasteiger partial charge in [-0.15, -0.1) is 0 Å². The summed E-state index contributed by atoms with van der Waals surface area (Å²) in [5.41, 5.74) is 0.433. The summed E-state index contributed by atoms with van der Waals surface area (Å²) in [6, 6.07) is 9.83. The maximum Gasteiger partial charge on any atom is 0.356 e. The third-order valence-electron chi connectivity index (χ3n) is 3.31. The van der Waals surface area contributed by atoms with Crippen LogP contribution in [0.4, 0.5) is 5.82 Å². The Labute approximate surface area is 122 Å². The molecule has 6 nitrogen and oxygen atoms in total. The average molecular weight is 287 g/mol. The predicted molar refractivity (Wildman–Crippen MR) is 78.3 cm³/mol. The number of carboxylic acids is 1. The molecule has 0 radical (unpaired) electrons. The highest BCUT2D eigenvalue weighted by molar-refractivity contribution is 5.84. The number of carbonyl (C=O) groups is 1. The lowest BCUT2D eigenvalue weighted by molar-refractivity contribution is 0.0137. The van der Waals surface area contributed by atoms with Crippen molar-refractivity contribution in [1.82, 2.24) is 9.97 Å². The second-order valence-electron chi connectivity index (χ2n) is 4.75. The molecule has 1 unspecified atom stereocenters. The van der Waals surface area contributed by atoms with Crippen LogP contribution >= 0.6 is 0 Å². The molecule has 1 aromatic carbocycles. The molecule has 2 rings (SSSR count). The molecular formula is C15H17N3O3. The Hall–Kier alpha value is -2.47. The predicted octanol–water partition coefficient (Wildman–Crippen LogP) is 2.15. The largest absolute Gasteiger partial charge is 0.476 e. The Morgan fingerprint density at radius 2 is 2.00 bits per heavy atom. The lowest BCUT2D eigenvalue weighted by Gasteiger charge is -2.29. The molecule has 2 N–H and O–H groups in total. The first kappa shape index (κ1) is 14.9. The van der Waals surface area contributed by atoms with Crippen LogP contribution in [0.2, 0.25) is 0 Å². The van der Waals surface area contributed by atoms with Crippen LogP contribution in [-0.4, -0.2) is 34.7 Å². The van der Waals surface area contributed by atoms with Crippen molar-refractivity contribution in [2.45, 2.75) is 12.5 Å². The normalized spacial score (nSPS) is 13.4. The van der Waals surface area contributed by atoms with E-state index in [0.29, 0.717) is 12.4 Å². The number of anilines is 1. The van der Waals surface area contributed by atoms with Crippen LogP contribution < -0.4 is 5.32 Å². The second-order valence-corrected chi connectivity index (χ2v) is 4.75. The summed E-state index contributed by atoms with van der Waals surface area (Å²) >= 11 is 0. The summed E-state index contributed by atoms with van der Waals surface area (Å²) in [7, 11) is 1.65. The van der Waals surface area contributed by atoms with Gasteiger partial charge in [-0.1, -0.05) is 30.3 Å². The van der Waals surface area contributed by atoms with Gasteiger partial charge in [0.15, 0.2) is 5.69 Å². The molecule has 21 heavy (non-hydrogen) atoms. The van der Waals surface area contributed by atoms with E-state index in [9.17, 15) is 4.79 Å². The van der Waals surface area contributed by atoms with Crippen molar-refractivity contribution in [2.24, 2.45) is 0 Å². The molecule has 2 aromatic rings. The van der Waals surface area contributed by atoms with E-state index in [-0.39, 0.29) is 5.69 Å². The van der Waals surface area contributed by atoms with E-state index >= 15 is 0 Å². The van der Waals surface area contributed by atoms with Crippen LogP contribution in [0.1, 0.15) is 23.0 Å². The van der Waals surface area contributed by atoms with Gasteiger partial charge < -0.3 is 15.2 Å². The molecule has 1 aromatic heterocycles. The Balaban J connectivity index is 2.08. The first-order chi connectivity index (χ1) is 10.0. The van der Waals surface area contributed by atoms with Gasteiger partial charge in [0.25, 0.3) is 0 Å². The number of methoxy groups -OCH3 is 1. The van der Waals surface area contributed by atoms with Crippen molar-refractivity contribution in [1.29, 1.82) is 0 Å². The first-order valence-electron chi connectivity index (χ1n) is 6.45. The smallest absolute Gasteiger partial charge is 0.356 e. The summed E-state index contributed by atoms with van der Waals surface area (Å²) in [4.78, 5) is 18.6. The van der Waals surface area contributed by atoms with Gasteiger partial charge in [0.1, 0.15) is 11.4 Å². The topological polar surface area (TPSA) is 84.3 Å². The number of hydrogen-bond acceptors (Lipinski definition) is 5. The van der Waals surface area contributed by atoms with E-state index in [1.54, 1.807) is 7.11 Å². The van der Waals surface area contributed by atoms with E-state index in [4.69, 9.17) is 9.84 Å². The molecule has 0 aliphatic rings. The Kier molecular flexibility index (Phi) is 4.49. The van der Waals surface area contributed by atoms with Gasteiger partial charge in [0.05, 0.1) is 12.4 Å².